The second kappa shape index (κ2) is 6.80. The highest BCUT2D eigenvalue weighted by atomic mass is 79.9. The molecule has 0 saturated carbocycles. The molecule has 0 aliphatic heterocycles. The molecule has 0 aliphatic carbocycles. The van der Waals surface area contributed by atoms with E-state index >= 15 is 0 Å². The fourth-order valence-corrected chi connectivity index (χ4v) is 2.68. The largest absolute Gasteiger partial charge is 0.493 e. The van der Waals surface area contributed by atoms with Gasteiger partial charge in [0, 0.05) is 11.2 Å². The van der Waals surface area contributed by atoms with E-state index in [-0.39, 0.29) is 5.41 Å². The van der Waals surface area contributed by atoms with Crippen molar-refractivity contribution in [1.82, 2.24) is 0 Å². The minimum Gasteiger partial charge on any atom is -0.493 e. The number of alkyl halides is 1. The van der Waals surface area contributed by atoms with Gasteiger partial charge >= 0.3 is 0 Å². The van der Waals surface area contributed by atoms with Gasteiger partial charge in [0.15, 0.2) is 0 Å². The highest BCUT2D eigenvalue weighted by Crippen LogP contribution is 2.28. The molecule has 0 aliphatic rings. The summed E-state index contributed by atoms with van der Waals surface area (Å²) in [5.41, 5.74) is 1.25. The van der Waals surface area contributed by atoms with Gasteiger partial charge in [-0.25, -0.2) is 0 Å². The van der Waals surface area contributed by atoms with Gasteiger partial charge in [0.2, 0.25) is 0 Å². The van der Waals surface area contributed by atoms with Crippen molar-refractivity contribution in [3.05, 3.63) is 29.8 Å². The van der Waals surface area contributed by atoms with Gasteiger partial charge in [-0.1, -0.05) is 48.8 Å². The zero-order valence-electron chi connectivity index (χ0n) is 11.2. The number of hydrogen-bond acceptors (Lipinski definition) is 2. The minimum absolute atomic E-state index is 0.226. The standard InChI is InChI=1S/C15H20BrNO/c1-15(2,3)13(10-16)11-18-14-6-4-12(5-7-14)8-9-17/h4-7,13H,8,10-11H2,1-3H3. The Morgan fingerprint density at radius 1 is 1.28 bits per heavy atom. The molecule has 0 amide bonds. The van der Waals surface area contributed by atoms with Crippen LogP contribution >= 0.6 is 15.9 Å². The third kappa shape index (κ3) is 4.70. The summed E-state index contributed by atoms with van der Waals surface area (Å²) < 4.78 is 5.81. The van der Waals surface area contributed by atoms with Gasteiger partial charge in [0.25, 0.3) is 0 Å². The topological polar surface area (TPSA) is 33.0 Å². The van der Waals surface area contributed by atoms with E-state index in [2.05, 4.69) is 42.8 Å². The Morgan fingerprint density at radius 3 is 2.33 bits per heavy atom. The number of benzene rings is 1. The Balaban J connectivity index is 2.55. The molecule has 0 heterocycles. The summed E-state index contributed by atoms with van der Waals surface area (Å²) in [6, 6.07) is 9.88. The van der Waals surface area contributed by atoms with Crippen molar-refractivity contribution in [2.75, 3.05) is 11.9 Å². The molecule has 1 aromatic rings. The molecule has 0 radical (unpaired) electrons. The highest BCUT2D eigenvalue weighted by molar-refractivity contribution is 9.09. The number of nitrogens with zero attached hydrogens (tertiary/aromatic N) is 1. The second-order valence-electron chi connectivity index (χ2n) is 5.51. The maximum absolute atomic E-state index is 8.60. The Bertz CT molecular complexity index is 400. The van der Waals surface area contributed by atoms with E-state index in [0.717, 1.165) is 16.6 Å². The predicted molar refractivity (Wildman–Crippen MR) is 78.0 cm³/mol. The minimum atomic E-state index is 0.226. The molecule has 0 N–H and O–H groups in total. The molecule has 1 unspecified atom stereocenters. The van der Waals surface area contributed by atoms with Crippen LogP contribution in [-0.2, 0) is 6.42 Å². The van der Waals surface area contributed by atoms with E-state index < -0.39 is 0 Å². The maximum Gasteiger partial charge on any atom is 0.119 e. The van der Waals surface area contributed by atoms with Crippen LogP contribution < -0.4 is 4.74 Å². The van der Waals surface area contributed by atoms with E-state index in [0.29, 0.717) is 18.9 Å². The van der Waals surface area contributed by atoms with Crippen LogP contribution in [0.2, 0.25) is 0 Å². The third-order valence-corrected chi connectivity index (χ3v) is 3.85. The number of ether oxygens (including phenoxy) is 1. The summed E-state index contributed by atoms with van der Waals surface area (Å²) in [5, 5.41) is 9.53. The number of rotatable bonds is 5. The van der Waals surface area contributed by atoms with Gasteiger partial charge < -0.3 is 4.74 Å². The SMILES string of the molecule is CC(C)(C)C(CBr)COc1ccc(CC#N)cc1. The van der Waals surface area contributed by atoms with E-state index in [1.807, 2.05) is 24.3 Å². The molecule has 0 saturated heterocycles. The molecule has 1 aromatic carbocycles. The van der Waals surface area contributed by atoms with Crippen LogP contribution in [0.3, 0.4) is 0 Å². The Kier molecular flexibility index (Phi) is 5.68. The van der Waals surface area contributed by atoms with Crippen molar-refractivity contribution in [2.24, 2.45) is 11.3 Å². The van der Waals surface area contributed by atoms with Gasteiger partial charge in [-0.3, -0.25) is 0 Å². The number of nitriles is 1. The summed E-state index contributed by atoms with van der Waals surface area (Å²) in [6.45, 7) is 7.36. The summed E-state index contributed by atoms with van der Waals surface area (Å²) in [7, 11) is 0. The van der Waals surface area contributed by atoms with Crippen LogP contribution in [0.1, 0.15) is 26.3 Å². The number of hydrogen-bond donors (Lipinski definition) is 0. The lowest BCUT2D eigenvalue weighted by Gasteiger charge is -2.28. The molecular weight excluding hydrogens is 290 g/mol. The fourth-order valence-electron chi connectivity index (χ4n) is 1.52. The van der Waals surface area contributed by atoms with Crippen LogP contribution in [-0.4, -0.2) is 11.9 Å². The van der Waals surface area contributed by atoms with Crippen molar-refractivity contribution < 1.29 is 4.74 Å². The smallest absolute Gasteiger partial charge is 0.119 e. The van der Waals surface area contributed by atoms with E-state index in [4.69, 9.17) is 10.00 Å². The van der Waals surface area contributed by atoms with Gasteiger partial charge in [-0.05, 0) is 23.1 Å². The quantitative estimate of drug-likeness (QED) is 0.764. The predicted octanol–water partition coefficient (Wildman–Crippen LogP) is 4.19. The molecular formula is C15H20BrNO. The summed E-state index contributed by atoms with van der Waals surface area (Å²) in [4.78, 5) is 0. The van der Waals surface area contributed by atoms with Crippen molar-refractivity contribution >= 4 is 15.9 Å². The molecule has 0 spiro atoms. The third-order valence-electron chi connectivity index (χ3n) is 3.07. The normalized spacial score (nSPS) is 12.8. The summed E-state index contributed by atoms with van der Waals surface area (Å²) in [5.74, 6) is 1.34. The number of halogens is 1. The van der Waals surface area contributed by atoms with E-state index in [9.17, 15) is 0 Å². The average molecular weight is 310 g/mol. The fraction of sp³-hybridized carbons (Fsp3) is 0.533. The van der Waals surface area contributed by atoms with Gasteiger partial charge in [0.1, 0.15) is 5.75 Å². The Morgan fingerprint density at radius 2 is 1.89 bits per heavy atom. The van der Waals surface area contributed by atoms with Crippen LogP contribution in [0, 0.1) is 22.7 Å². The Hall–Kier alpha value is -1.01. The van der Waals surface area contributed by atoms with Gasteiger partial charge in [-0.15, -0.1) is 0 Å². The first-order valence-corrected chi connectivity index (χ1v) is 7.24. The van der Waals surface area contributed by atoms with Crippen LogP contribution in [0.15, 0.2) is 24.3 Å². The molecule has 2 nitrogen and oxygen atoms in total. The van der Waals surface area contributed by atoms with Gasteiger partial charge in [0.05, 0.1) is 19.1 Å². The lowest BCUT2D eigenvalue weighted by Crippen LogP contribution is -2.27. The van der Waals surface area contributed by atoms with Crippen molar-refractivity contribution in [3.63, 3.8) is 0 Å². The van der Waals surface area contributed by atoms with E-state index in [1.54, 1.807) is 0 Å². The summed E-state index contributed by atoms with van der Waals surface area (Å²) >= 11 is 3.54. The molecule has 0 fully saturated rings. The highest BCUT2D eigenvalue weighted by Gasteiger charge is 2.24. The van der Waals surface area contributed by atoms with Crippen LogP contribution in [0.4, 0.5) is 0 Å². The van der Waals surface area contributed by atoms with Gasteiger partial charge in [-0.2, -0.15) is 5.26 Å². The zero-order valence-corrected chi connectivity index (χ0v) is 12.8. The lowest BCUT2D eigenvalue weighted by molar-refractivity contribution is 0.166. The van der Waals surface area contributed by atoms with Crippen LogP contribution in [0.25, 0.3) is 0 Å². The molecule has 18 heavy (non-hydrogen) atoms. The summed E-state index contributed by atoms with van der Waals surface area (Å²) in [6.07, 6.45) is 0.451. The molecule has 98 valence electrons. The molecule has 0 aromatic heterocycles. The monoisotopic (exact) mass is 309 g/mol. The Labute approximate surface area is 118 Å². The van der Waals surface area contributed by atoms with Crippen molar-refractivity contribution in [3.8, 4) is 11.8 Å². The van der Waals surface area contributed by atoms with Crippen molar-refractivity contribution in [2.45, 2.75) is 27.2 Å². The first kappa shape index (κ1) is 15.0. The zero-order chi connectivity index (χ0) is 13.6. The second-order valence-corrected chi connectivity index (χ2v) is 6.15. The molecule has 1 rings (SSSR count). The van der Waals surface area contributed by atoms with E-state index in [1.165, 1.54) is 0 Å². The van der Waals surface area contributed by atoms with Crippen molar-refractivity contribution in [1.29, 1.82) is 5.26 Å². The lowest BCUT2D eigenvalue weighted by atomic mass is 9.83. The van der Waals surface area contributed by atoms with Crippen LogP contribution in [0.5, 0.6) is 5.75 Å². The molecule has 0 bridgehead atoms. The molecule has 3 heteroatoms. The maximum atomic E-state index is 8.60. The molecule has 1 atom stereocenters. The average Bonchev–Trinajstić information content (AvgIpc) is 2.30. The first-order chi connectivity index (χ1) is 8.47. The first-order valence-electron chi connectivity index (χ1n) is 6.12.